The van der Waals surface area contributed by atoms with Crippen molar-refractivity contribution < 1.29 is 0 Å². The van der Waals surface area contributed by atoms with E-state index >= 15 is 0 Å². The molecule has 104 valence electrons. The van der Waals surface area contributed by atoms with Gasteiger partial charge in [-0.3, -0.25) is 4.98 Å². The van der Waals surface area contributed by atoms with Crippen LogP contribution in [0.15, 0.2) is 48.1 Å². The lowest BCUT2D eigenvalue weighted by atomic mass is 9.98. The molecule has 0 bridgehead atoms. The predicted octanol–water partition coefficient (Wildman–Crippen LogP) is 3.52. The van der Waals surface area contributed by atoms with E-state index in [2.05, 4.69) is 33.9 Å². The van der Waals surface area contributed by atoms with Crippen molar-refractivity contribution in [2.24, 2.45) is 0 Å². The molecule has 0 radical (unpaired) electrons. The number of hydrogen-bond donors (Lipinski definition) is 1. The highest BCUT2D eigenvalue weighted by Crippen LogP contribution is 2.30. The highest BCUT2D eigenvalue weighted by atomic mass is 32.1. The molecule has 1 aromatic carbocycles. The van der Waals surface area contributed by atoms with Crippen LogP contribution in [-0.4, -0.2) is 16.5 Å². The van der Waals surface area contributed by atoms with Crippen molar-refractivity contribution in [2.75, 3.05) is 6.54 Å². The Kier molecular flexibility index (Phi) is 3.25. The van der Waals surface area contributed by atoms with Gasteiger partial charge in [0, 0.05) is 35.4 Å². The van der Waals surface area contributed by atoms with Crippen molar-refractivity contribution in [1.82, 2.24) is 15.3 Å². The Labute approximate surface area is 127 Å². The van der Waals surface area contributed by atoms with Gasteiger partial charge in [-0.15, -0.1) is 11.3 Å². The Bertz CT molecular complexity index is 765. The highest BCUT2D eigenvalue weighted by molar-refractivity contribution is 7.13. The third-order valence-corrected chi connectivity index (χ3v) is 4.71. The summed E-state index contributed by atoms with van der Waals surface area (Å²) in [5, 5.41) is 6.59. The second kappa shape index (κ2) is 5.39. The topological polar surface area (TPSA) is 37.8 Å². The highest BCUT2D eigenvalue weighted by Gasteiger charge is 2.11. The summed E-state index contributed by atoms with van der Waals surface area (Å²) in [5.41, 5.74) is 6.27. The van der Waals surface area contributed by atoms with Gasteiger partial charge >= 0.3 is 0 Å². The van der Waals surface area contributed by atoms with Crippen molar-refractivity contribution >= 4 is 11.3 Å². The predicted molar refractivity (Wildman–Crippen MR) is 86.2 cm³/mol. The van der Waals surface area contributed by atoms with E-state index in [9.17, 15) is 0 Å². The summed E-state index contributed by atoms with van der Waals surface area (Å²) in [6.45, 7) is 2.05. The van der Waals surface area contributed by atoms with Crippen LogP contribution in [0, 0.1) is 0 Å². The molecule has 0 atom stereocenters. The summed E-state index contributed by atoms with van der Waals surface area (Å²) >= 11 is 1.68. The zero-order valence-corrected chi connectivity index (χ0v) is 12.4. The molecule has 3 heterocycles. The summed E-state index contributed by atoms with van der Waals surface area (Å²) in [6, 6.07) is 10.7. The standard InChI is InChI=1S/C17H15N3S/c1-2-15-10-19-8-5-13(15)9-14(1)16-11-21-17(20-16)12-3-6-18-7-4-12/h1-4,6-7,9,11,19H,5,8,10H2. The Morgan fingerprint density at radius 1 is 1.00 bits per heavy atom. The van der Waals surface area contributed by atoms with E-state index in [4.69, 9.17) is 4.98 Å². The largest absolute Gasteiger partial charge is 0.312 e. The maximum absolute atomic E-state index is 4.77. The van der Waals surface area contributed by atoms with Gasteiger partial charge in [0.05, 0.1) is 5.69 Å². The average molecular weight is 293 g/mol. The molecule has 0 saturated carbocycles. The molecule has 3 aromatic rings. The third-order valence-electron chi connectivity index (χ3n) is 3.82. The van der Waals surface area contributed by atoms with Crippen molar-refractivity contribution in [3.8, 4) is 21.8 Å². The fourth-order valence-corrected chi connectivity index (χ4v) is 3.51. The molecule has 0 spiro atoms. The third kappa shape index (κ3) is 2.48. The molecule has 1 aliphatic rings. The summed E-state index contributed by atoms with van der Waals surface area (Å²) in [5.74, 6) is 0. The Hall–Kier alpha value is -2.04. The van der Waals surface area contributed by atoms with E-state index in [0.717, 1.165) is 35.8 Å². The Morgan fingerprint density at radius 3 is 2.81 bits per heavy atom. The number of fused-ring (bicyclic) bond motifs is 1. The molecule has 1 N–H and O–H groups in total. The molecule has 4 rings (SSSR count). The quantitative estimate of drug-likeness (QED) is 0.785. The van der Waals surface area contributed by atoms with Gasteiger partial charge in [-0.1, -0.05) is 12.1 Å². The van der Waals surface area contributed by atoms with Gasteiger partial charge in [0.1, 0.15) is 5.01 Å². The first kappa shape index (κ1) is 12.7. The lowest BCUT2D eigenvalue weighted by molar-refractivity contribution is 0.644. The van der Waals surface area contributed by atoms with Crippen LogP contribution in [0.25, 0.3) is 21.8 Å². The van der Waals surface area contributed by atoms with Crippen molar-refractivity contribution in [1.29, 1.82) is 0 Å². The number of thiazole rings is 1. The normalized spacial score (nSPS) is 13.9. The number of rotatable bonds is 2. The van der Waals surface area contributed by atoms with Crippen LogP contribution < -0.4 is 5.32 Å². The molecular weight excluding hydrogens is 278 g/mol. The van der Waals surface area contributed by atoms with Crippen LogP contribution in [0.1, 0.15) is 11.1 Å². The number of nitrogens with zero attached hydrogens (tertiary/aromatic N) is 2. The molecule has 0 amide bonds. The first-order valence-electron chi connectivity index (χ1n) is 7.09. The second-order valence-electron chi connectivity index (χ2n) is 5.18. The van der Waals surface area contributed by atoms with Gasteiger partial charge < -0.3 is 5.32 Å². The monoisotopic (exact) mass is 293 g/mol. The minimum atomic E-state index is 0.981. The minimum absolute atomic E-state index is 0.981. The molecule has 21 heavy (non-hydrogen) atoms. The van der Waals surface area contributed by atoms with E-state index < -0.39 is 0 Å². The van der Waals surface area contributed by atoms with Crippen LogP contribution in [0.3, 0.4) is 0 Å². The van der Waals surface area contributed by atoms with Gasteiger partial charge in [0.15, 0.2) is 0 Å². The Balaban J connectivity index is 1.70. The van der Waals surface area contributed by atoms with Gasteiger partial charge in [0.25, 0.3) is 0 Å². The van der Waals surface area contributed by atoms with Crippen molar-refractivity contribution in [3.63, 3.8) is 0 Å². The smallest absolute Gasteiger partial charge is 0.124 e. The van der Waals surface area contributed by atoms with E-state index in [1.807, 2.05) is 24.5 Å². The van der Waals surface area contributed by atoms with Crippen LogP contribution >= 0.6 is 11.3 Å². The SMILES string of the molecule is c1cc(-c2nc(-c3ccc4c(c3)CCNC4)cs2)ccn1. The lowest BCUT2D eigenvalue weighted by Gasteiger charge is -2.17. The fourth-order valence-electron chi connectivity index (χ4n) is 2.67. The van der Waals surface area contributed by atoms with E-state index in [1.54, 1.807) is 11.3 Å². The summed E-state index contributed by atoms with van der Waals surface area (Å²) in [4.78, 5) is 8.83. The zero-order valence-electron chi connectivity index (χ0n) is 11.5. The fraction of sp³-hybridized carbons (Fsp3) is 0.176. The molecule has 0 fully saturated rings. The van der Waals surface area contributed by atoms with Gasteiger partial charge in [-0.25, -0.2) is 4.98 Å². The van der Waals surface area contributed by atoms with E-state index in [1.165, 1.54) is 16.7 Å². The van der Waals surface area contributed by atoms with Crippen LogP contribution in [0.2, 0.25) is 0 Å². The van der Waals surface area contributed by atoms with Crippen molar-refractivity contribution in [2.45, 2.75) is 13.0 Å². The average Bonchev–Trinajstić information content (AvgIpc) is 3.05. The Morgan fingerprint density at radius 2 is 1.90 bits per heavy atom. The van der Waals surface area contributed by atoms with E-state index in [-0.39, 0.29) is 0 Å². The number of nitrogens with one attached hydrogen (secondary N) is 1. The van der Waals surface area contributed by atoms with Crippen LogP contribution in [0.4, 0.5) is 0 Å². The van der Waals surface area contributed by atoms with Gasteiger partial charge in [-0.05, 0) is 42.3 Å². The maximum Gasteiger partial charge on any atom is 0.124 e. The molecule has 0 saturated heterocycles. The lowest BCUT2D eigenvalue weighted by Crippen LogP contribution is -2.23. The minimum Gasteiger partial charge on any atom is -0.312 e. The zero-order chi connectivity index (χ0) is 14.1. The van der Waals surface area contributed by atoms with Crippen LogP contribution in [-0.2, 0) is 13.0 Å². The maximum atomic E-state index is 4.77. The molecule has 0 aliphatic carbocycles. The summed E-state index contributed by atoms with van der Waals surface area (Å²) in [6.07, 6.45) is 4.72. The second-order valence-corrected chi connectivity index (χ2v) is 6.04. The number of hydrogen-bond acceptors (Lipinski definition) is 4. The molecule has 0 unspecified atom stereocenters. The molecule has 4 heteroatoms. The molecule has 2 aromatic heterocycles. The first-order valence-corrected chi connectivity index (χ1v) is 7.97. The van der Waals surface area contributed by atoms with Crippen LogP contribution in [0.5, 0.6) is 0 Å². The number of pyridine rings is 1. The number of benzene rings is 1. The van der Waals surface area contributed by atoms with Gasteiger partial charge in [-0.2, -0.15) is 0 Å². The van der Waals surface area contributed by atoms with Crippen molar-refractivity contribution in [3.05, 3.63) is 59.2 Å². The summed E-state index contributed by atoms with van der Waals surface area (Å²) < 4.78 is 0. The first-order chi connectivity index (χ1) is 10.4. The van der Waals surface area contributed by atoms with Gasteiger partial charge in [0.2, 0.25) is 0 Å². The molecular formula is C17H15N3S. The summed E-state index contributed by atoms with van der Waals surface area (Å²) in [7, 11) is 0. The number of aromatic nitrogens is 2. The van der Waals surface area contributed by atoms with E-state index in [0.29, 0.717) is 0 Å². The molecule has 1 aliphatic heterocycles. The molecule has 3 nitrogen and oxygen atoms in total.